The molecule has 0 aliphatic heterocycles. The second-order valence-electron chi connectivity index (χ2n) is 5.28. The van der Waals surface area contributed by atoms with E-state index in [1.54, 1.807) is 0 Å². The minimum Gasteiger partial charge on any atom is -0.468 e. The van der Waals surface area contributed by atoms with Gasteiger partial charge in [0.25, 0.3) is 0 Å². The first-order valence-electron chi connectivity index (χ1n) is 7.85. The van der Waals surface area contributed by atoms with Crippen molar-refractivity contribution in [3.8, 4) is 28.7 Å². The van der Waals surface area contributed by atoms with E-state index in [2.05, 4.69) is 20.8 Å². The molecule has 1 aromatic heterocycles. The van der Waals surface area contributed by atoms with Crippen molar-refractivity contribution < 1.29 is 9.53 Å². The number of carbonyl (C=O) groups is 1. The van der Waals surface area contributed by atoms with Crippen molar-refractivity contribution in [2.75, 3.05) is 12.9 Å². The lowest BCUT2D eigenvalue weighted by atomic mass is 10.1. The average Bonchev–Trinajstić information content (AvgIpc) is 2.72. The highest BCUT2D eigenvalue weighted by atomic mass is 32.2. The zero-order valence-corrected chi connectivity index (χ0v) is 14.9. The third-order valence-corrected chi connectivity index (χ3v) is 4.57. The smallest absolute Gasteiger partial charge is 0.316 e. The van der Waals surface area contributed by atoms with Gasteiger partial charge in [-0.15, -0.1) is 0 Å². The van der Waals surface area contributed by atoms with Gasteiger partial charge in [0, 0.05) is 11.1 Å². The van der Waals surface area contributed by atoms with Crippen LogP contribution in [-0.2, 0) is 9.53 Å². The van der Waals surface area contributed by atoms with Crippen molar-refractivity contribution in [3.05, 3.63) is 66.2 Å². The number of esters is 1. The summed E-state index contributed by atoms with van der Waals surface area (Å²) in [5.74, 6) is 0.209. The summed E-state index contributed by atoms with van der Waals surface area (Å²) in [5.41, 5.74) is 2.57. The second kappa shape index (κ2) is 8.28. The van der Waals surface area contributed by atoms with Gasteiger partial charge in [0.05, 0.1) is 18.6 Å². The number of hydrogen-bond acceptors (Lipinski definition) is 6. The molecule has 26 heavy (non-hydrogen) atoms. The lowest BCUT2D eigenvalue weighted by molar-refractivity contribution is -0.137. The number of carbonyl (C=O) groups excluding carboxylic acids is 1. The highest BCUT2D eigenvalue weighted by molar-refractivity contribution is 7.99. The van der Waals surface area contributed by atoms with Crippen molar-refractivity contribution in [1.82, 2.24) is 9.97 Å². The fraction of sp³-hybridized carbons (Fsp3) is 0.100. The molecule has 0 atom stereocenters. The summed E-state index contributed by atoms with van der Waals surface area (Å²) in [5, 5.41) is 10.1. The lowest BCUT2D eigenvalue weighted by Crippen LogP contribution is -2.05. The summed E-state index contributed by atoms with van der Waals surface area (Å²) in [6, 6.07) is 21.2. The molecule has 1 heterocycles. The summed E-state index contributed by atoms with van der Waals surface area (Å²) in [7, 11) is 1.33. The average molecular weight is 361 g/mol. The zero-order valence-electron chi connectivity index (χ0n) is 14.0. The molecule has 0 saturated carbocycles. The van der Waals surface area contributed by atoms with Crippen LogP contribution in [0.3, 0.4) is 0 Å². The van der Waals surface area contributed by atoms with Gasteiger partial charge in [-0.3, -0.25) is 4.79 Å². The van der Waals surface area contributed by atoms with Gasteiger partial charge in [-0.05, 0) is 0 Å². The third-order valence-electron chi connectivity index (χ3n) is 3.62. The molecular weight excluding hydrogens is 346 g/mol. The Labute approximate surface area is 155 Å². The monoisotopic (exact) mass is 361 g/mol. The summed E-state index contributed by atoms with van der Waals surface area (Å²) in [4.78, 5) is 20.7. The maximum absolute atomic E-state index is 11.5. The number of rotatable bonds is 5. The van der Waals surface area contributed by atoms with E-state index in [9.17, 15) is 10.1 Å². The van der Waals surface area contributed by atoms with E-state index < -0.39 is 0 Å². The standard InChI is InChI=1S/C20H15N3O2S/c1-25-17(24)13-26-20-16(12-21)18(14-8-4-2-5-9-14)22-19(23-20)15-10-6-3-7-11-15/h2-11H,13H2,1H3. The second-order valence-corrected chi connectivity index (χ2v) is 6.25. The predicted molar refractivity (Wildman–Crippen MR) is 100 cm³/mol. The van der Waals surface area contributed by atoms with E-state index in [-0.39, 0.29) is 11.7 Å². The molecule has 0 aliphatic carbocycles. The first-order valence-corrected chi connectivity index (χ1v) is 8.84. The van der Waals surface area contributed by atoms with Crippen LogP contribution in [0, 0.1) is 11.3 Å². The van der Waals surface area contributed by atoms with E-state index in [0.29, 0.717) is 22.1 Å². The molecule has 6 heteroatoms. The number of aromatic nitrogens is 2. The highest BCUT2D eigenvalue weighted by Crippen LogP contribution is 2.31. The van der Waals surface area contributed by atoms with Gasteiger partial charge in [-0.1, -0.05) is 72.4 Å². The van der Waals surface area contributed by atoms with Gasteiger partial charge in [-0.25, -0.2) is 9.97 Å². The van der Waals surface area contributed by atoms with Crippen LogP contribution < -0.4 is 0 Å². The van der Waals surface area contributed by atoms with Crippen molar-refractivity contribution in [3.63, 3.8) is 0 Å². The quantitative estimate of drug-likeness (QED) is 0.389. The van der Waals surface area contributed by atoms with E-state index in [4.69, 9.17) is 0 Å². The van der Waals surface area contributed by atoms with E-state index in [1.165, 1.54) is 18.9 Å². The third kappa shape index (κ3) is 3.90. The molecule has 0 N–H and O–H groups in total. The van der Waals surface area contributed by atoms with Crippen LogP contribution >= 0.6 is 11.8 Å². The van der Waals surface area contributed by atoms with Crippen molar-refractivity contribution >= 4 is 17.7 Å². The van der Waals surface area contributed by atoms with Gasteiger partial charge in [0.15, 0.2) is 5.82 Å². The maximum atomic E-state index is 11.5. The first-order chi connectivity index (χ1) is 12.7. The van der Waals surface area contributed by atoms with E-state index in [1.807, 2.05) is 60.7 Å². The van der Waals surface area contributed by atoms with Gasteiger partial charge in [0.1, 0.15) is 16.7 Å². The van der Waals surface area contributed by atoms with Crippen LogP contribution in [0.1, 0.15) is 5.56 Å². The minimum absolute atomic E-state index is 0.0741. The molecule has 0 saturated heterocycles. The summed E-state index contributed by atoms with van der Waals surface area (Å²) < 4.78 is 4.69. The molecular formula is C20H15N3O2S. The number of hydrogen-bond donors (Lipinski definition) is 0. The number of nitriles is 1. The molecule has 0 fully saturated rings. The molecule has 3 rings (SSSR count). The molecule has 2 aromatic carbocycles. The van der Waals surface area contributed by atoms with Crippen LogP contribution in [0.25, 0.3) is 22.6 Å². The van der Waals surface area contributed by atoms with Gasteiger partial charge < -0.3 is 4.74 Å². The largest absolute Gasteiger partial charge is 0.468 e. The fourth-order valence-corrected chi connectivity index (χ4v) is 3.16. The van der Waals surface area contributed by atoms with Gasteiger partial charge in [0.2, 0.25) is 0 Å². The van der Waals surface area contributed by atoms with E-state index in [0.717, 1.165) is 11.1 Å². The summed E-state index contributed by atoms with van der Waals surface area (Å²) in [6.45, 7) is 0. The van der Waals surface area contributed by atoms with Crippen molar-refractivity contribution in [1.29, 1.82) is 5.26 Å². The van der Waals surface area contributed by atoms with Gasteiger partial charge in [-0.2, -0.15) is 5.26 Å². The molecule has 0 amide bonds. The van der Waals surface area contributed by atoms with Crippen LogP contribution in [0.15, 0.2) is 65.7 Å². The van der Waals surface area contributed by atoms with Crippen LogP contribution in [0.4, 0.5) is 0 Å². The molecule has 0 aliphatic rings. The fourth-order valence-electron chi connectivity index (χ4n) is 2.35. The molecule has 128 valence electrons. The Balaban J connectivity index is 2.15. The highest BCUT2D eigenvalue weighted by Gasteiger charge is 2.18. The Morgan fingerprint density at radius 3 is 2.23 bits per heavy atom. The number of methoxy groups -OCH3 is 1. The molecule has 0 unspecified atom stereocenters. The Hall–Kier alpha value is -3.17. The molecule has 3 aromatic rings. The molecule has 5 nitrogen and oxygen atoms in total. The van der Waals surface area contributed by atoms with Crippen LogP contribution in [0.5, 0.6) is 0 Å². The number of thioether (sulfide) groups is 1. The molecule has 0 radical (unpaired) electrons. The topological polar surface area (TPSA) is 75.9 Å². The SMILES string of the molecule is COC(=O)CSc1nc(-c2ccccc2)nc(-c2ccccc2)c1C#N. The molecule has 0 bridgehead atoms. The minimum atomic E-state index is -0.375. The van der Waals surface area contributed by atoms with Gasteiger partial charge >= 0.3 is 5.97 Å². The number of ether oxygens (including phenoxy) is 1. The number of nitrogens with zero attached hydrogens (tertiary/aromatic N) is 3. The number of benzene rings is 2. The normalized spacial score (nSPS) is 10.2. The van der Waals surface area contributed by atoms with Crippen LogP contribution in [-0.4, -0.2) is 28.8 Å². The predicted octanol–water partition coefficient (Wildman–Crippen LogP) is 3.95. The van der Waals surface area contributed by atoms with Crippen molar-refractivity contribution in [2.45, 2.75) is 5.03 Å². The van der Waals surface area contributed by atoms with Crippen molar-refractivity contribution in [2.24, 2.45) is 0 Å². The zero-order chi connectivity index (χ0) is 18.4. The lowest BCUT2D eigenvalue weighted by Gasteiger charge is -2.11. The Morgan fingerprint density at radius 2 is 1.65 bits per heavy atom. The van der Waals surface area contributed by atoms with E-state index >= 15 is 0 Å². The Bertz CT molecular complexity index is 954. The Kier molecular flexibility index (Phi) is 5.62. The first kappa shape index (κ1) is 17.6. The maximum Gasteiger partial charge on any atom is 0.316 e. The summed E-state index contributed by atoms with van der Waals surface area (Å²) in [6.07, 6.45) is 0. The Morgan fingerprint density at radius 1 is 1.04 bits per heavy atom. The summed E-state index contributed by atoms with van der Waals surface area (Å²) >= 11 is 1.17. The molecule has 0 spiro atoms. The van der Waals surface area contributed by atoms with Crippen LogP contribution in [0.2, 0.25) is 0 Å².